The lowest BCUT2D eigenvalue weighted by Crippen LogP contribution is -2.40. The highest BCUT2D eigenvalue weighted by molar-refractivity contribution is 6.00. The third kappa shape index (κ3) is 3.84. The van der Waals surface area contributed by atoms with Crippen LogP contribution in [0.4, 0.5) is 28.9 Å². The molecule has 8 heteroatoms. The molecule has 3 rings (SSSR count). The number of benzene rings is 2. The number of nitrogens with zero attached hydrogens (tertiary/aromatic N) is 1. The maximum atomic E-state index is 12.9. The van der Waals surface area contributed by atoms with Crippen LogP contribution in [0.1, 0.15) is 11.1 Å². The number of carbonyl (C=O) groups excluding carboxylic acids is 2. The summed E-state index contributed by atoms with van der Waals surface area (Å²) in [6.07, 6.45) is -4.61. The van der Waals surface area contributed by atoms with Crippen LogP contribution in [0.3, 0.4) is 0 Å². The zero-order chi connectivity index (χ0) is 18.9. The van der Waals surface area contributed by atoms with Gasteiger partial charge >= 0.3 is 12.1 Å². The Hall–Kier alpha value is -2.90. The average molecular weight is 366 g/mol. The van der Waals surface area contributed by atoms with Crippen LogP contribution in [-0.4, -0.2) is 24.5 Å². The first kappa shape index (κ1) is 17.9. The second-order valence-electron chi connectivity index (χ2n) is 5.90. The second kappa shape index (κ2) is 6.78. The molecule has 0 saturated carbocycles. The van der Waals surface area contributed by atoms with Crippen molar-refractivity contribution in [2.24, 2.45) is 0 Å². The summed E-state index contributed by atoms with van der Waals surface area (Å²) in [7, 11) is 0. The molecule has 1 aliphatic rings. The highest BCUT2D eigenvalue weighted by Gasteiger charge is 2.44. The van der Waals surface area contributed by atoms with E-state index in [1.165, 1.54) is 36.4 Å². The number of amides is 2. The molecule has 4 nitrogen and oxygen atoms in total. The Morgan fingerprint density at radius 1 is 1.08 bits per heavy atom. The van der Waals surface area contributed by atoms with Gasteiger partial charge in [-0.15, -0.1) is 0 Å². The highest BCUT2D eigenvalue weighted by atomic mass is 19.4. The maximum Gasteiger partial charge on any atom is 0.471 e. The van der Waals surface area contributed by atoms with Crippen molar-refractivity contribution in [1.29, 1.82) is 0 Å². The van der Waals surface area contributed by atoms with Crippen LogP contribution in [0.2, 0.25) is 0 Å². The van der Waals surface area contributed by atoms with Crippen molar-refractivity contribution in [3.8, 4) is 0 Å². The van der Waals surface area contributed by atoms with Gasteiger partial charge in [-0.3, -0.25) is 9.59 Å². The van der Waals surface area contributed by atoms with Gasteiger partial charge in [-0.2, -0.15) is 13.2 Å². The molecule has 0 radical (unpaired) electrons. The third-order valence-corrected chi connectivity index (χ3v) is 4.02. The number of carbonyl (C=O) groups is 2. The summed E-state index contributed by atoms with van der Waals surface area (Å²) < 4.78 is 50.7. The van der Waals surface area contributed by atoms with Gasteiger partial charge in [0, 0.05) is 17.9 Å². The van der Waals surface area contributed by atoms with Gasteiger partial charge in [-0.1, -0.05) is 12.1 Å². The normalized spacial score (nSPS) is 13.5. The SMILES string of the molecule is O=C(Cc1ccc(F)cc1)Nc1ccc2c(c1)CCN2C(=O)C(F)(F)F. The Labute approximate surface area is 146 Å². The lowest BCUT2D eigenvalue weighted by Gasteiger charge is -2.19. The number of nitrogens with one attached hydrogen (secondary N) is 1. The summed E-state index contributed by atoms with van der Waals surface area (Å²) in [5.74, 6) is -2.63. The van der Waals surface area contributed by atoms with Gasteiger partial charge in [-0.25, -0.2) is 4.39 Å². The van der Waals surface area contributed by atoms with Gasteiger partial charge in [0.25, 0.3) is 0 Å². The molecule has 0 spiro atoms. The Morgan fingerprint density at radius 2 is 1.77 bits per heavy atom. The van der Waals surface area contributed by atoms with Crippen LogP contribution in [0.5, 0.6) is 0 Å². The van der Waals surface area contributed by atoms with Crippen LogP contribution >= 0.6 is 0 Å². The van der Waals surface area contributed by atoms with E-state index in [0.717, 1.165) is 0 Å². The summed E-state index contributed by atoms with van der Waals surface area (Å²) in [5.41, 5.74) is 1.82. The largest absolute Gasteiger partial charge is 0.471 e. The molecule has 0 atom stereocenters. The molecule has 0 unspecified atom stereocenters. The quantitative estimate of drug-likeness (QED) is 0.846. The zero-order valence-corrected chi connectivity index (χ0v) is 13.4. The fraction of sp³-hybridized carbons (Fsp3) is 0.222. The van der Waals surface area contributed by atoms with Crippen LogP contribution in [0, 0.1) is 5.82 Å². The molecular weight excluding hydrogens is 352 g/mol. The molecule has 2 amide bonds. The van der Waals surface area contributed by atoms with E-state index in [9.17, 15) is 27.2 Å². The summed E-state index contributed by atoms with van der Waals surface area (Å²) >= 11 is 0. The molecule has 0 aliphatic carbocycles. The Morgan fingerprint density at radius 3 is 2.42 bits per heavy atom. The van der Waals surface area contributed by atoms with Crippen molar-refractivity contribution in [2.45, 2.75) is 19.0 Å². The fourth-order valence-corrected chi connectivity index (χ4v) is 2.84. The van der Waals surface area contributed by atoms with Gasteiger partial charge < -0.3 is 10.2 Å². The van der Waals surface area contributed by atoms with E-state index in [-0.39, 0.29) is 31.0 Å². The lowest BCUT2D eigenvalue weighted by atomic mass is 10.1. The van der Waals surface area contributed by atoms with Crippen molar-refractivity contribution < 1.29 is 27.2 Å². The molecule has 2 aromatic rings. The molecule has 1 N–H and O–H groups in total. The van der Waals surface area contributed by atoms with Gasteiger partial charge in [-0.05, 0) is 47.9 Å². The van der Waals surface area contributed by atoms with Crippen molar-refractivity contribution in [1.82, 2.24) is 0 Å². The number of alkyl halides is 3. The van der Waals surface area contributed by atoms with E-state index < -0.39 is 17.9 Å². The summed E-state index contributed by atoms with van der Waals surface area (Å²) in [6.45, 7) is -0.0549. The van der Waals surface area contributed by atoms with Gasteiger partial charge in [0.2, 0.25) is 5.91 Å². The van der Waals surface area contributed by atoms with Crippen LogP contribution < -0.4 is 10.2 Å². The Kier molecular flexibility index (Phi) is 4.67. The van der Waals surface area contributed by atoms with Crippen molar-refractivity contribution in [3.05, 3.63) is 59.4 Å². The van der Waals surface area contributed by atoms with Crippen molar-refractivity contribution in [2.75, 3.05) is 16.8 Å². The highest BCUT2D eigenvalue weighted by Crippen LogP contribution is 2.33. The molecule has 1 aliphatic heterocycles. The zero-order valence-electron chi connectivity index (χ0n) is 13.4. The molecule has 1 heterocycles. The number of anilines is 2. The number of fused-ring (bicyclic) bond motifs is 1. The van der Waals surface area contributed by atoms with Gasteiger partial charge in [0.05, 0.1) is 6.42 Å². The van der Waals surface area contributed by atoms with Crippen LogP contribution in [0.15, 0.2) is 42.5 Å². The van der Waals surface area contributed by atoms with E-state index in [4.69, 9.17) is 0 Å². The Balaban J connectivity index is 1.69. The smallest absolute Gasteiger partial charge is 0.326 e. The predicted octanol–water partition coefficient (Wildman–Crippen LogP) is 3.46. The Bertz CT molecular complexity index is 847. The summed E-state index contributed by atoms with van der Waals surface area (Å²) in [6, 6.07) is 9.90. The molecule has 0 saturated heterocycles. The first-order valence-electron chi connectivity index (χ1n) is 7.80. The van der Waals surface area contributed by atoms with Crippen molar-refractivity contribution in [3.63, 3.8) is 0 Å². The molecule has 0 bridgehead atoms. The van der Waals surface area contributed by atoms with E-state index >= 15 is 0 Å². The third-order valence-electron chi connectivity index (χ3n) is 4.02. The summed E-state index contributed by atoms with van der Waals surface area (Å²) in [4.78, 5) is 24.2. The minimum absolute atomic E-state index is 0.0377. The van der Waals surface area contributed by atoms with Crippen molar-refractivity contribution >= 4 is 23.2 Å². The molecule has 26 heavy (non-hydrogen) atoms. The number of hydrogen-bond acceptors (Lipinski definition) is 2. The molecule has 0 fully saturated rings. The molecular formula is C18H14F4N2O2. The average Bonchev–Trinajstić information content (AvgIpc) is 2.98. The minimum atomic E-state index is -4.93. The van der Waals surface area contributed by atoms with Gasteiger partial charge in [0.15, 0.2) is 0 Å². The molecule has 136 valence electrons. The fourth-order valence-electron chi connectivity index (χ4n) is 2.84. The lowest BCUT2D eigenvalue weighted by molar-refractivity contribution is -0.170. The predicted molar refractivity (Wildman–Crippen MR) is 87.3 cm³/mol. The summed E-state index contributed by atoms with van der Waals surface area (Å²) in [5, 5.41) is 2.65. The van der Waals surface area contributed by atoms with E-state index in [1.807, 2.05) is 0 Å². The van der Waals surface area contributed by atoms with E-state index in [0.29, 0.717) is 21.7 Å². The second-order valence-corrected chi connectivity index (χ2v) is 5.90. The molecule has 2 aromatic carbocycles. The first-order valence-corrected chi connectivity index (χ1v) is 7.80. The van der Waals surface area contributed by atoms with E-state index in [1.54, 1.807) is 6.07 Å². The number of hydrogen-bond donors (Lipinski definition) is 1. The van der Waals surface area contributed by atoms with Crippen LogP contribution in [0.25, 0.3) is 0 Å². The number of halogens is 4. The topological polar surface area (TPSA) is 49.4 Å². The van der Waals surface area contributed by atoms with Gasteiger partial charge in [0.1, 0.15) is 5.82 Å². The minimum Gasteiger partial charge on any atom is -0.326 e. The van der Waals surface area contributed by atoms with E-state index in [2.05, 4.69) is 5.32 Å². The standard InChI is InChI=1S/C18H14F4N2O2/c19-13-3-1-11(2-4-13)9-16(25)23-14-5-6-15-12(10-14)7-8-24(15)17(26)18(20,21)22/h1-6,10H,7-9H2,(H,23,25). The molecule has 0 aromatic heterocycles. The monoisotopic (exact) mass is 366 g/mol. The van der Waals surface area contributed by atoms with Crippen LogP contribution in [-0.2, 0) is 22.4 Å². The number of rotatable bonds is 3. The first-order chi connectivity index (χ1) is 12.2. The maximum absolute atomic E-state index is 12.9.